The number of hydrogen-bond acceptors (Lipinski definition) is 3. The van der Waals surface area contributed by atoms with Crippen LogP contribution in [0.15, 0.2) is 11.3 Å². The van der Waals surface area contributed by atoms with Gasteiger partial charge >= 0.3 is 0 Å². The summed E-state index contributed by atoms with van der Waals surface area (Å²) in [4.78, 5) is 4.29. The van der Waals surface area contributed by atoms with E-state index in [1.807, 2.05) is 7.05 Å². The summed E-state index contributed by atoms with van der Waals surface area (Å²) in [5.41, 5.74) is 0.373. The first-order chi connectivity index (χ1) is 10.4. The quantitative estimate of drug-likeness (QED) is 0.392. The minimum absolute atomic E-state index is 0. The maximum atomic E-state index is 4.29. The van der Waals surface area contributed by atoms with Gasteiger partial charge in [-0.3, -0.25) is 4.99 Å². The molecule has 0 aromatic carbocycles. The zero-order valence-corrected chi connectivity index (χ0v) is 17.7. The van der Waals surface area contributed by atoms with Crippen molar-refractivity contribution < 1.29 is 0 Å². The van der Waals surface area contributed by atoms with Gasteiger partial charge in [0.2, 0.25) is 0 Å². The van der Waals surface area contributed by atoms with Crippen molar-refractivity contribution in [2.75, 3.05) is 13.6 Å². The van der Waals surface area contributed by atoms with E-state index in [1.165, 1.54) is 6.42 Å². The lowest BCUT2D eigenvalue weighted by molar-refractivity contribution is 0.346. The molecule has 134 valence electrons. The minimum atomic E-state index is 0. The molecule has 1 rings (SSSR count). The topological polar surface area (TPSA) is 67.1 Å². The molecule has 0 radical (unpaired) electrons. The fraction of sp³-hybridized carbons (Fsp3) is 0.812. The summed E-state index contributed by atoms with van der Waals surface area (Å²) in [5.74, 6) is 1.87. The van der Waals surface area contributed by atoms with Crippen molar-refractivity contribution in [1.29, 1.82) is 0 Å². The van der Waals surface area contributed by atoms with Crippen molar-refractivity contribution in [2.24, 2.45) is 10.4 Å². The Morgan fingerprint density at radius 3 is 2.65 bits per heavy atom. The number of nitrogens with one attached hydrogen (secondary N) is 2. The second-order valence-electron chi connectivity index (χ2n) is 6.94. The summed E-state index contributed by atoms with van der Waals surface area (Å²) in [6.07, 6.45) is 5.01. The molecule has 1 aromatic heterocycles. The average Bonchev–Trinajstić information content (AvgIpc) is 2.90. The first kappa shape index (κ1) is 22.1. The molecule has 1 unspecified atom stereocenters. The Morgan fingerprint density at radius 1 is 1.39 bits per heavy atom. The van der Waals surface area contributed by atoms with Gasteiger partial charge in [0.05, 0.1) is 0 Å². The standard InChI is InChI=1S/C16H32N6.HI/c1-7-14-21-19-12-22(14)11-10-18-15(17-6)20-13(2)8-9-16(3,4)5;/h12-13H,7-11H2,1-6H3,(H2,17,18,20);1H. The van der Waals surface area contributed by atoms with Crippen LogP contribution in [0.3, 0.4) is 0 Å². The van der Waals surface area contributed by atoms with Gasteiger partial charge in [0, 0.05) is 32.6 Å². The molecular formula is C16H33IN6. The number of aliphatic imine (C=N–C) groups is 1. The zero-order chi connectivity index (χ0) is 16.6. The zero-order valence-electron chi connectivity index (χ0n) is 15.4. The van der Waals surface area contributed by atoms with Crippen LogP contribution in [0, 0.1) is 5.41 Å². The molecular weight excluding hydrogens is 403 g/mol. The van der Waals surface area contributed by atoms with Crippen LogP contribution in [-0.2, 0) is 13.0 Å². The predicted octanol–water partition coefficient (Wildman–Crippen LogP) is 2.84. The van der Waals surface area contributed by atoms with Gasteiger partial charge in [-0.2, -0.15) is 0 Å². The highest BCUT2D eigenvalue weighted by Crippen LogP contribution is 2.21. The SMILES string of the molecule is CCc1nncn1CCNC(=NC)NC(C)CCC(C)(C)C.I. The van der Waals surface area contributed by atoms with E-state index in [0.29, 0.717) is 11.5 Å². The van der Waals surface area contributed by atoms with Crippen LogP contribution in [0.25, 0.3) is 0 Å². The van der Waals surface area contributed by atoms with E-state index in [9.17, 15) is 0 Å². The fourth-order valence-electron chi connectivity index (χ4n) is 2.18. The minimum Gasteiger partial charge on any atom is -0.355 e. The van der Waals surface area contributed by atoms with Crippen molar-refractivity contribution in [1.82, 2.24) is 25.4 Å². The van der Waals surface area contributed by atoms with Gasteiger partial charge in [-0.15, -0.1) is 34.2 Å². The van der Waals surface area contributed by atoms with E-state index in [2.05, 4.69) is 65.0 Å². The lowest BCUT2D eigenvalue weighted by Crippen LogP contribution is -2.43. The second kappa shape index (κ2) is 10.8. The lowest BCUT2D eigenvalue weighted by atomic mass is 9.89. The van der Waals surface area contributed by atoms with Gasteiger partial charge in [-0.25, -0.2) is 0 Å². The molecule has 7 heteroatoms. The molecule has 0 aliphatic carbocycles. The van der Waals surface area contributed by atoms with E-state index in [0.717, 1.165) is 37.7 Å². The Kier molecular flexibility index (Phi) is 10.4. The number of halogens is 1. The van der Waals surface area contributed by atoms with Gasteiger partial charge in [0.25, 0.3) is 0 Å². The molecule has 0 saturated carbocycles. The Labute approximate surface area is 158 Å². The van der Waals surface area contributed by atoms with Crippen LogP contribution in [0.2, 0.25) is 0 Å². The van der Waals surface area contributed by atoms with Crippen molar-refractivity contribution in [3.05, 3.63) is 12.2 Å². The molecule has 0 aliphatic heterocycles. The van der Waals surface area contributed by atoms with Gasteiger partial charge in [-0.05, 0) is 25.2 Å². The van der Waals surface area contributed by atoms with Crippen LogP contribution in [0.4, 0.5) is 0 Å². The third kappa shape index (κ3) is 9.12. The third-order valence-electron chi connectivity index (χ3n) is 3.59. The highest BCUT2D eigenvalue weighted by molar-refractivity contribution is 14.0. The monoisotopic (exact) mass is 436 g/mol. The third-order valence-corrected chi connectivity index (χ3v) is 3.59. The Hall–Kier alpha value is -0.860. The molecule has 1 heterocycles. The van der Waals surface area contributed by atoms with Crippen LogP contribution in [-0.4, -0.2) is 40.4 Å². The molecule has 0 spiro atoms. The number of guanidine groups is 1. The summed E-state index contributed by atoms with van der Waals surface area (Å²) in [6.45, 7) is 12.8. The molecule has 2 N–H and O–H groups in total. The molecule has 0 aliphatic rings. The normalized spacial score (nSPS) is 13.4. The summed E-state index contributed by atoms with van der Waals surface area (Å²) in [6, 6.07) is 0.409. The maximum Gasteiger partial charge on any atom is 0.191 e. The van der Waals surface area contributed by atoms with Gasteiger partial charge < -0.3 is 15.2 Å². The lowest BCUT2D eigenvalue weighted by Gasteiger charge is -2.23. The molecule has 0 saturated heterocycles. The van der Waals surface area contributed by atoms with Crippen molar-refractivity contribution in [3.63, 3.8) is 0 Å². The summed E-state index contributed by atoms with van der Waals surface area (Å²) < 4.78 is 2.07. The van der Waals surface area contributed by atoms with E-state index in [1.54, 1.807) is 6.33 Å². The number of aromatic nitrogens is 3. The van der Waals surface area contributed by atoms with E-state index in [4.69, 9.17) is 0 Å². The smallest absolute Gasteiger partial charge is 0.191 e. The largest absolute Gasteiger partial charge is 0.355 e. The second-order valence-corrected chi connectivity index (χ2v) is 6.94. The summed E-state index contributed by atoms with van der Waals surface area (Å²) >= 11 is 0. The Bertz CT molecular complexity index is 463. The predicted molar refractivity (Wildman–Crippen MR) is 107 cm³/mol. The molecule has 6 nitrogen and oxygen atoms in total. The van der Waals surface area contributed by atoms with E-state index >= 15 is 0 Å². The number of aryl methyl sites for hydroxylation is 1. The summed E-state index contributed by atoms with van der Waals surface area (Å²) in [5, 5.41) is 14.8. The molecule has 0 fully saturated rings. The van der Waals surface area contributed by atoms with Gasteiger partial charge in [0.15, 0.2) is 5.96 Å². The molecule has 0 bridgehead atoms. The highest BCUT2D eigenvalue weighted by Gasteiger charge is 2.13. The Morgan fingerprint density at radius 2 is 2.09 bits per heavy atom. The van der Waals surface area contributed by atoms with Crippen molar-refractivity contribution >= 4 is 29.9 Å². The van der Waals surface area contributed by atoms with Crippen molar-refractivity contribution in [3.8, 4) is 0 Å². The average molecular weight is 436 g/mol. The van der Waals surface area contributed by atoms with Crippen LogP contribution in [0.1, 0.15) is 53.3 Å². The Balaban J connectivity index is 0.00000484. The number of rotatable bonds is 7. The maximum absolute atomic E-state index is 4.29. The van der Waals surface area contributed by atoms with Gasteiger partial charge in [0.1, 0.15) is 12.2 Å². The van der Waals surface area contributed by atoms with Crippen molar-refractivity contribution in [2.45, 2.75) is 66.5 Å². The molecule has 1 atom stereocenters. The van der Waals surface area contributed by atoms with Gasteiger partial charge in [-0.1, -0.05) is 27.7 Å². The fourth-order valence-corrected chi connectivity index (χ4v) is 2.18. The molecule has 23 heavy (non-hydrogen) atoms. The van der Waals surface area contributed by atoms with E-state index in [-0.39, 0.29) is 24.0 Å². The summed E-state index contributed by atoms with van der Waals surface area (Å²) in [7, 11) is 1.81. The first-order valence-electron chi connectivity index (χ1n) is 8.19. The van der Waals surface area contributed by atoms with Crippen LogP contribution in [0.5, 0.6) is 0 Å². The highest BCUT2D eigenvalue weighted by atomic mass is 127. The number of nitrogens with zero attached hydrogens (tertiary/aromatic N) is 4. The van der Waals surface area contributed by atoms with E-state index < -0.39 is 0 Å². The molecule has 0 amide bonds. The molecule has 1 aromatic rings. The van der Waals surface area contributed by atoms with Crippen LogP contribution < -0.4 is 10.6 Å². The number of hydrogen-bond donors (Lipinski definition) is 2. The van der Waals surface area contributed by atoms with Crippen LogP contribution >= 0.6 is 24.0 Å². The first-order valence-corrected chi connectivity index (χ1v) is 8.19.